The van der Waals surface area contributed by atoms with Crippen molar-refractivity contribution in [3.63, 3.8) is 0 Å². The molecule has 118 valence electrons. The van der Waals surface area contributed by atoms with Crippen molar-refractivity contribution in [2.24, 2.45) is 5.92 Å². The fourth-order valence-electron chi connectivity index (χ4n) is 2.38. The Kier molecular flexibility index (Phi) is 5.07. The van der Waals surface area contributed by atoms with Gasteiger partial charge in [-0.25, -0.2) is 4.79 Å². The lowest BCUT2D eigenvalue weighted by Gasteiger charge is -2.19. The van der Waals surface area contributed by atoms with E-state index in [1.54, 1.807) is 23.1 Å². The molecule has 1 heterocycles. The monoisotopic (exact) mass is 322 g/mol. The van der Waals surface area contributed by atoms with Crippen molar-refractivity contribution < 1.29 is 19.1 Å². The van der Waals surface area contributed by atoms with Crippen LogP contribution in [-0.4, -0.2) is 36.4 Å². The number of methoxy groups -OCH3 is 1. The van der Waals surface area contributed by atoms with Gasteiger partial charge in [-0.15, -0.1) is 0 Å². The molecule has 1 aliphatic heterocycles. The van der Waals surface area contributed by atoms with Crippen molar-refractivity contribution in [2.75, 3.05) is 30.0 Å². The molecule has 0 aromatic heterocycles. The number of carbonyl (C=O) groups excluding carboxylic acids is 3. The van der Waals surface area contributed by atoms with Gasteiger partial charge in [0, 0.05) is 25.6 Å². The summed E-state index contributed by atoms with van der Waals surface area (Å²) in [6.07, 6.45) is 0.377. The Morgan fingerprint density at radius 1 is 1.45 bits per heavy atom. The second-order valence-electron chi connectivity index (χ2n) is 5.14. The van der Waals surface area contributed by atoms with Crippen LogP contribution in [-0.2, 0) is 14.3 Å². The molecular weight excluding hydrogens is 304 g/mol. The second kappa shape index (κ2) is 6.83. The normalized spacial score (nSPS) is 17.6. The van der Waals surface area contributed by atoms with Crippen molar-refractivity contribution >= 4 is 40.1 Å². The van der Waals surface area contributed by atoms with Gasteiger partial charge in [-0.3, -0.25) is 9.59 Å². The standard InChI is InChI=1S/C15H18N2O4S/c1-9(18)22-8-10-5-14(19)17(7-10)13-6-11(15(20)21-2)3-4-12(13)16/h3-4,6,10H,5,7-8,16H2,1-2H3. The van der Waals surface area contributed by atoms with E-state index in [1.807, 2.05) is 0 Å². The highest BCUT2D eigenvalue weighted by Gasteiger charge is 2.32. The van der Waals surface area contributed by atoms with Crippen LogP contribution >= 0.6 is 11.8 Å². The highest BCUT2D eigenvalue weighted by atomic mass is 32.2. The van der Waals surface area contributed by atoms with E-state index in [2.05, 4.69) is 4.74 Å². The molecule has 1 aromatic rings. The first-order valence-corrected chi connectivity index (χ1v) is 7.82. The zero-order valence-corrected chi connectivity index (χ0v) is 13.3. The smallest absolute Gasteiger partial charge is 0.337 e. The molecular formula is C15H18N2O4S. The third-order valence-electron chi connectivity index (χ3n) is 3.47. The predicted molar refractivity (Wildman–Crippen MR) is 85.8 cm³/mol. The Morgan fingerprint density at radius 3 is 2.82 bits per heavy atom. The number of carbonyl (C=O) groups is 3. The molecule has 1 saturated heterocycles. The molecule has 1 unspecified atom stereocenters. The van der Waals surface area contributed by atoms with E-state index in [4.69, 9.17) is 5.73 Å². The number of amides is 1. The molecule has 6 nitrogen and oxygen atoms in total. The van der Waals surface area contributed by atoms with Gasteiger partial charge in [-0.2, -0.15) is 0 Å². The highest BCUT2D eigenvalue weighted by Crippen LogP contribution is 2.32. The zero-order chi connectivity index (χ0) is 16.3. The molecule has 1 aromatic carbocycles. The third-order valence-corrected chi connectivity index (χ3v) is 4.51. The number of nitrogens with two attached hydrogens (primary N) is 1. The summed E-state index contributed by atoms with van der Waals surface area (Å²) in [5, 5.41) is 0.0399. The molecule has 0 saturated carbocycles. The van der Waals surface area contributed by atoms with E-state index in [9.17, 15) is 14.4 Å². The maximum atomic E-state index is 12.2. The second-order valence-corrected chi connectivity index (χ2v) is 6.34. The molecule has 2 rings (SSSR count). The Labute approximate surface area is 133 Å². The Hall–Kier alpha value is -2.02. The first-order chi connectivity index (χ1) is 10.4. The number of esters is 1. The summed E-state index contributed by atoms with van der Waals surface area (Å²) in [5.41, 5.74) is 7.23. The third kappa shape index (κ3) is 3.59. The molecule has 0 bridgehead atoms. The van der Waals surface area contributed by atoms with Crippen molar-refractivity contribution in [1.29, 1.82) is 0 Å². The van der Waals surface area contributed by atoms with Gasteiger partial charge in [0.25, 0.3) is 0 Å². The molecule has 1 aliphatic rings. The first kappa shape index (κ1) is 16.4. The van der Waals surface area contributed by atoms with Crippen LogP contribution in [0.5, 0.6) is 0 Å². The summed E-state index contributed by atoms with van der Waals surface area (Å²) in [5.74, 6) is 0.177. The van der Waals surface area contributed by atoms with Crippen molar-refractivity contribution in [2.45, 2.75) is 13.3 Å². The predicted octanol–water partition coefficient (Wildman–Crippen LogP) is 1.69. The van der Waals surface area contributed by atoms with E-state index in [0.29, 0.717) is 35.7 Å². The summed E-state index contributed by atoms with van der Waals surface area (Å²) >= 11 is 1.22. The number of nitrogen functional groups attached to an aromatic ring is 1. The molecule has 22 heavy (non-hydrogen) atoms. The van der Waals surface area contributed by atoms with Crippen LogP contribution in [0.2, 0.25) is 0 Å². The fraction of sp³-hybridized carbons (Fsp3) is 0.400. The molecule has 1 amide bonds. The average molecular weight is 322 g/mol. The Morgan fingerprint density at radius 2 is 2.18 bits per heavy atom. The van der Waals surface area contributed by atoms with Crippen molar-refractivity contribution in [1.82, 2.24) is 0 Å². The SMILES string of the molecule is COC(=O)c1ccc(N)c(N2CC(CSC(C)=O)CC2=O)c1. The van der Waals surface area contributed by atoms with Gasteiger partial charge in [-0.1, -0.05) is 11.8 Å². The zero-order valence-electron chi connectivity index (χ0n) is 12.5. The number of thioether (sulfide) groups is 1. The molecule has 1 fully saturated rings. The maximum absolute atomic E-state index is 12.2. The minimum atomic E-state index is -0.475. The quantitative estimate of drug-likeness (QED) is 0.670. The number of anilines is 2. The van der Waals surface area contributed by atoms with Crippen LogP contribution in [0.3, 0.4) is 0 Å². The lowest BCUT2D eigenvalue weighted by atomic mass is 10.1. The summed E-state index contributed by atoms with van der Waals surface area (Å²) in [6.45, 7) is 2.00. The van der Waals surface area contributed by atoms with Gasteiger partial charge in [0.1, 0.15) is 0 Å². The van der Waals surface area contributed by atoms with Crippen LogP contribution < -0.4 is 10.6 Å². The Bertz CT molecular complexity index is 618. The van der Waals surface area contributed by atoms with Crippen LogP contribution in [0.15, 0.2) is 18.2 Å². The topological polar surface area (TPSA) is 89.7 Å². The number of benzene rings is 1. The summed E-state index contributed by atoms with van der Waals surface area (Å²) in [4.78, 5) is 36.4. The van der Waals surface area contributed by atoms with Gasteiger partial charge in [-0.05, 0) is 24.1 Å². The van der Waals surface area contributed by atoms with Crippen LogP contribution in [0.1, 0.15) is 23.7 Å². The van der Waals surface area contributed by atoms with E-state index in [0.717, 1.165) is 0 Å². The minimum Gasteiger partial charge on any atom is -0.465 e. The molecule has 1 atom stereocenters. The number of rotatable bonds is 4. The van der Waals surface area contributed by atoms with Gasteiger partial charge in [0.2, 0.25) is 5.91 Å². The van der Waals surface area contributed by atoms with Crippen molar-refractivity contribution in [3.05, 3.63) is 23.8 Å². The molecule has 0 spiro atoms. The van der Waals surface area contributed by atoms with E-state index < -0.39 is 5.97 Å². The van der Waals surface area contributed by atoms with Gasteiger partial charge in [0.05, 0.1) is 24.0 Å². The van der Waals surface area contributed by atoms with E-state index in [1.165, 1.54) is 25.8 Å². The first-order valence-electron chi connectivity index (χ1n) is 6.84. The number of hydrogen-bond acceptors (Lipinski definition) is 6. The fourth-order valence-corrected chi connectivity index (χ4v) is 3.08. The molecule has 0 radical (unpaired) electrons. The summed E-state index contributed by atoms with van der Waals surface area (Å²) < 4.78 is 4.68. The number of nitrogens with zero attached hydrogens (tertiary/aromatic N) is 1. The molecule has 2 N–H and O–H groups in total. The molecule has 7 heteroatoms. The van der Waals surface area contributed by atoms with E-state index in [-0.39, 0.29) is 16.9 Å². The molecule has 0 aliphatic carbocycles. The lowest BCUT2D eigenvalue weighted by molar-refractivity contribution is -0.117. The number of ether oxygens (including phenoxy) is 1. The van der Waals surface area contributed by atoms with E-state index >= 15 is 0 Å². The van der Waals surface area contributed by atoms with Gasteiger partial charge in [0.15, 0.2) is 5.12 Å². The number of hydrogen-bond donors (Lipinski definition) is 1. The highest BCUT2D eigenvalue weighted by molar-refractivity contribution is 8.13. The van der Waals surface area contributed by atoms with Crippen LogP contribution in [0.4, 0.5) is 11.4 Å². The Balaban J connectivity index is 2.19. The summed E-state index contributed by atoms with van der Waals surface area (Å²) in [7, 11) is 1.30. The van der Waals surface area contributed by atoms with Gasteiger partial charge < -0.3 is 15.4 Å². The lowest BCUT2D eigenvalue weighted by Crippen LogP contribution is -2.26. The minimum absolute atomic E-state index is 0.0399. The van der Waals surface area contributed by atoms with Gasteiger partial charge >= 0.3 is 5.97 Å². The van der Waals surface area contributed by atoms with Crippen molar-refractivity contribution in [3.8, 4) is 0 Å². The largest absolute Gasteiger partial charge is 0.465 e. The van der Waals surface area contributed by atoms with Crippen LogP contribution in [0.25, 0.3) is 0 Å². The maximum Gasteiger partial charge on any atom is 0.337 e. The average Bonchev–Trinajstić information content (AvgIpc) is 2.86. The summed E-state index contributed by atoms with van der Waals surface area (Å²) in [6, 6.07) is 4.72. The van der Waals surface area contributed by atoms with Crippen LogP contribution in [0, 0.1) is 5.92 Å².